The Morgan fingerprint density at radius 3 is 2.71 bits per heavy atom. The summed E-state index contributed by atoms with van der Waals surface area (Å²) in [6, 6.07) is 3.99. The van der Waals surface area contributed by atoms with Gasteiger partial charge in [0, 0.05) is 17.7 Å². The molecule has 0 radical (unpaired) electrons. The van der Waals surface area contributed by atoms with Crippen LogP contribution in [0.2, 0.25) is 0 Å². The van der Waals surface area contributed by atoms with E-state index < -0.39 is 5.60 Å². The third-order valence-corrected chi connectivity index (χ3v) is 6.62. The van der Waals surface area contributed by atoms with Crippen LogP contribution in [0.1, 0.15) is 37.0 Å². The number of hydrogen-bond donors (Lipinski definition) is 1. The maximum atomic E-state index is 12.9. The number of ether oxygens (including phenoxy) is 1. The van der Waals surface area contributed by atoms with Gasteiger partial charge in [-0.3, -0.25) is 4.79 Å². The molecule has 1 aliphatic carbocycles. The summed E-state index contributed by atoms with van der Waals surface area (Å²) in [5, 5.41) is 13.3. The lowest BCUT2D eigenvalue weighted by Gasteiger charge is -2.32. The highest BCUT2D eigenvalue weighted by atomic mass is 32.1. The van der Waals surface area contributed by atoms with Crippen molar-refractivity contribution in [2.45, 2.75) is 50.2 Å². The highest BCUT2D eigenvalue weighted by molar-refractivity contribution is 7.09. The highest BCUT2D eigenvalue weighted by Gasteiger charge is 2.45. The van der Waals surface area contributed by atoms with Crippen LogP contribution in [0.25, 0.3) is 0 Å². The molecule has 1 N–H and O–H groups in total. The van der Waals surface area contributed by atoms with Gasteiger partial charge < -0.3 is 14.3 Å². The van der Waals surface area contributed by atoms with Crippen molar-refractivity contribution in [1.29, 1.82) is 0 Å². The lowest BCUT2D eigenvalue weighted by atomic mass is 9.79. The fourth-order valence-corrected chi connectivity index (χ4v) is 5.03. The second kappa shape index (κ2) is 7.24. The number of thiophene rings is 1. The molecule has 1 saturated heterocycles. The predicted octanol–water partition coefficient (Wildman–Crippen LogP) is 2.65. The normalized spacial score (nSPS) is 26.5. The van der Waals surface area contributed by atoms with Crippen LogP contribution >= 0.6 is 11.3 Å². The summed E-state index contributed by atoms with van der Waals surface area (Å²) in [6.45, 7) is 2.07. The summed E-state index contributed by atoms with van der Waals surface area (Å²) in [5.41, 5.74) is -1.26. The van der Waals surface area contributed by atoms with Crippen molar-refractivity contribution in [2.75, 3.05) is 33.8 Å². The average Bonchev–Trinajstić information content (AvgIpc) is 3.26. The van der Waals surface area contributed by atoms with Crippen molar-refractivity contribution in [2.24, 2.45) is 5.92 Å². The van der Waals surface area contributed by atoms with Crippen LogP contribution in [0, 0.1) is 5.92 Å². The molecular formula is C19H30NO3S+. The molecule has 1 unspecified atom stereocenters. The predicted molar refractivity (Wildman–Crippen MR) is 96.1 cm³/mol. The van der Waals surface area contributed by atoms with Crippen LogP contribution in [0.5, 0.6) is 0 Å². The summed E-state index contributed by atoms with van der Waals surface area (Å²) in [6.07, 6.45) is 5.68. The molecule has 0 bridgehead atoms. The molecule has 3 rings (SSSR count). The minimum atomic E-state index is -1.26. The van der Waals surface area contributed by atoms with E-state index in [1.165, 1.54) is 0 Å². The summed E-state index contributed by atoms with van der Waals surface area (Å²) in [7, 11) is 4.38. The zero-order chi connectivity index (χ0) is 17.2. The molecule has 1 aliphatic heterocycles. The summed E-state index contributed by atoms with van der Waals surface area (Å²) in [5.74, 6) is -0.0495. The number of rotatable bonds is 7. The molecule has 134 valence electrons. The van der Waals surface area contributed by atoms with Gasteiger partial charge in [-0.05, 0) is 30.2 Å². The van der Waals surface area contributed by atoms with Crippen molar-refractivity contribution in [3.8, 4) is 0 Å². The molecular weight excluding hydrogens is 322 g/mol. The van der Waals surface area contributed by atoms with E-state index in [1.807, 2.05) is 17.5 Å². The number of carbonyl (C=O) groups is 1. The molecule has 1 aromatic rings. The SMILES string of the molecule is C[N+]1(C)CCC(OCC(=O)[C@](O)(Cc2cccs2)C2CCCC2)C1. The molecule has 2 heterocycles. The van der Waals surface area contributed by atoms with Crippen LogP contribution < -0.4 is 0 Å². The Hall–Kier alpha value is -0.750. The van der Waals surface area contributed by atoms with Gasteiger partial charge in [0.05, 0.1) is 20.6 Å². The van der Waals surface area contributed by atoms with Gasteiger partial charge in [-0.1, -0.05) is 18.9 Å². The molecule has 2 aliphatic rings. The number of likely N-dealkylation sites (tertiary alicyclic amines) is 1. The number of Topliss-reactive ketones (excluding diaryl/α,β-unsaturated/α-hetero) is 1. The van der Waals surface area contributed by atoms with Crippen molar-refractivity contribution in [3.63, 3.8) is 0 Å². The van der Waals surface area contributed by atoms with Gasteiger partial charge in [-0.15, -0.1) is 11.3 Å². The Bertz CT molecular complexity index is 551. The number of likely N-dealkylation sites (N-methyl/N-ethyl adjacent to an activating group) is 1. The minimum absolute atomic E-state index is 0.0447. The maximum absolute atomic E-state index is 12.9. The molecule has 0 amide bonds. The monoisotopic (exact) mass is 352 g/mol. The van der Waals surface area contributed by atoms with Gasteiger partial charge in [-0.2, -0.15) is 0 Å². The molecule has 2 fully saturated rings. The van der Waals surface area contributed by atoms with Crippen LogP contribution in [0.15, 0.2) is 17.5 Å². The first kappa shape index (κ1) is 18.1. The Morgan fingerprint density at radius 2 is 2.12 bits per heavy atom. The highest BCUT2D eigenvalue weighted by Crippen LogP contribution is 2.37. The fourth-order valence-electron chi connectivity index (χ4n) is 4.23. The maximum Gasteiger partial charge on any atom is 0.190 e. The number of aliphatic hydroxyl groups is 1. The van der Waals surface area contributed by atoms with Crippen LogP contribution in [0.3, 0.4) is 0 Å². The number of quaternary nitrogens is 1. The van der Waals surface area contributed by atoms with Crippen LogP contribution in [-0.4, -0.2) is 60.9 Å². The Morgan fingerprint density at radius 1 is 1.38 bits per heavy atom. The Kier molecular flexibility index (Phi) is 5.45. The summed E-state index contributed by atoms with van der Waals surface area (Å²) < 4.78 is 6.85. The standard InChI is InChI=1S/C19H30NO3S/c1-20(2)10-9-16(13-20)23-14-18(21)19(22,15-6-3-4-7-15)12-17-8-5-11-24-17/h5,8,11,15-16,22H,3-4,6-7,9-10,12-14H2,1-2H3/q+1/t16?,19-/m0/s1. The van der Waals surface area contributed by atoms with Gasteiger partial charge in [0.25, 0.3) is 0 Å². The summed E-state index contributed by atoms with van der Waals surface area (Å²) in [4.78, 5) is 14.0. The Balaban J connectivity index is 1.64. The second-order valence-electron chi connectivity index (χ2n) is 8.15. The fraction of sp³-hybridized carbons (Fsp3) is 0.737. The van der Waals surface area contributed by atoms with Gasteiger partial charge in [0.2, 0.25) is 0 Å². The largest absolute Gasteiger partial charge is 0.381 e. The summed E-state index contributed by atoms with van der Waals surface area (Å²) >= 11 is 1.61. The average molecular weight is 353 g/mol. The number of ketones is 1. The molecule has 1 saturated carbocycles. The Labute approximate surface area is 149 Å². The molecule has 0 spiro atoms. The van der Waals surface area contributed by atoms with E-state index in [1.54, 1.807) is 11.3 Å². The molecule has 0 aromatic carbocycles. The zero-order valence-corrected chi connectivity index (χ0v) is 15.7. The van der Waals surface area contributed by atoms with Crippen LogP contribution in [0.4, 0.5) is 0 Å². The first-order valence-corrected chi connectivity index (χ1v) is 9.99. The smallest absolute Gasteiger partial charge is 0.190 e. The van der Waals surface area contributed by atoms with Gasteiger partial charge in [0.15, 0.2) is 5.78 Å². The lowest BCUT2D eigenvalue weighted by Crippen LogP contribution is -2.49. The molecule has 4 nitrogen and oxygen atoms in total. The van der Waals surface area contributed by atoms with E-state index in [0.29, 0.717) is 6.42 Å². The van der Waals surface area contributed by atoms with E-state index in [9.17, 15) is 9.90 Å². The van der Waals surface area contributed by atoms with Crippen molar-refractivity contribution < 1.29 is 19.1 Å². The molecule has 1 aromatic heterocycles. The van der Waals surface area contributed by atoms with E-state index >= 15 is 0 Å². The van der Waals surface area contributed by atoms with Crippen molar-refractivity contribution >= 4 is 17.1 Å². The topological polar surface area (TPSA) is 46.5 Å². The third kappa shape index (κ3) is 4.07. The number of nitrogens with zero attached hydrogens (tertiary/aromatic N) is 1. The van der Waals surface area contributed by atoms with Crippen molar-refractivity contribution in [1.82, 2.24) is 0 Å². The second-order valence-corrected chi connectivity index (χ2v) is 9.18. The van der Waals surface area contributed by atoms with E-state index in [-0.39, 0.29) is 24.4 Å². The third-order valence-electron chi connectivity index (χ3n) is 5.74. The molecule has 5 heteroatoms. The van der Waals surface area contributed by atoms with E-state index in [0.717, 1.165) is 54.6 Å². The molecule has 2 atom stereocenters. The first-order chi connectivity index (χ1) is 11.4. The van der Waals surface area contributed by atoms with Crippen molar-refractivity contribution in [3.05, 3.63) is 22.4 Å². The van der Waals surface area contributed by atoms with Crippen LogP contribution in [-0.2, 0) is 16.0 Å². The number of hydrogen-bond acceptors (Lipinski definition) is 4. The molecule has 24 heavy (non-hydrogen) atoms. The number of carbonyl (C=O) groups excluding carboxylic acids is 1. The van der Waals surface area contributed by atoms with E-state index in [4.69, 9.17) is 4.74 Å². The minimum Gasteiger partial charge on any atom is -0.381 e. The zero-order valence-electron chi connectivity index (χ0n) is 14.9. The first-order valence-electron chi connectivity index (χ1n) is 9.11. The quantitative estimate of drug-likeness (QED) is 0.768. The lowest BCUT2D eigenvalue weighted by molar-refractivity contribution is -0.879. The van der Waals surface area contributed by atoms with E-state index in [2.05, 4.69) is 14.1 Å². The van der Waals surface area contributed by atoms with Gasteiger partial charge >= 0.3 is 0 Å². The van der Waals surface area contributed by atoms with Gasteiger partial charge in [0.1, 0.15) is 24.9 Å². The van der Waals surface area contributed by atoms with Gasteiger partial charge in [-0.25, -0.2) is 0 Å².